The van der Waals surface area contributed by atoms with Crippen molar-refractivity contribution in [1.29, 1.82) is 0 Å². The molecular weight excluding hydrogens is 510 g/mol. The number of nitrogens with one attached hydrogen (secondary N) is 1. The lowest BCUT2D eigenvalue weighted by molar-refractivity contribution is -0.135. The highest BCUT2D eigenvalue weighted by molar-refractivity contribution is 7.90. The zero-order valence-corrected chi connectivity index (χ0v) is 21.7. The Balaban J connectivity index is 1.19. The number of benzene rings is 3. The van der Waals surface area contributed by atoms with Gasteiger partial charge in [-0.05, 0) is 85.2 Å². The van der Waals surface area contributed by atoms with E-state index in [-0.39, 0.29) is 22.3 Å². The molecule has 198 valence electrons. The molecule has 2 amide bonds. The molecule has 0 atom stereocenters. The second-order valence-corrected chi connectivity index (χ2v) is 12.2. The van der Waals surface area contributed by atoms with Crippen LogP contribution in [0.3, 0.4) is 0 Å². The Hall–Kier alpha value is -3.59. The molecule has 3 aromatic carbocycles. The van der Waals surface area contributed by atoms with Crippen molar-refractivity contribution in [1.82, 2.24) is 4.90 Å². The highest BCUT2D eigenvalue weighted by atomic mass is 32.2. The number of likely N-dealkylation sites (tertiary alicyclic amines) is 1. The molecular formula is C29H28F2N2O4S. The Kier molecular flexibility index (Phi) is 6.81. The van der Waals surface area contributed by atoms with Crippen LogP contribution in [0.15, 0.2) is 71.6 Å². The largest absolute Gasteiger partial charge is 0.342 e. The van der Waals surface area contributed by atoms with Crippen molar-refractivity contribution in [2.75, 3.05) is 24.7 Å². The molecule has 0 unspecified atom stereocenters. The molecule has 2 fully saturated rings. The maximum Gasteiger partial charge on any atom is 0.255 e. The number of carbonyl (C=O) groups excluding carboxylic acids is 2. The van der Waals surface area contributed by atoms with Gasteiger partial charge in [-0.25, -0.2) is 17.2 Å². The fourth-order valence-electron chi connectivity index (χ4n) is 5.17. The molecule has 0 radical (unpaired) electrons. The zero-order chi connectivity index (χ0) is 27.1. The highest BCUT2D eigenvalue weighted by Crippen LogP contribution is 2.50. The van der Waals surface area contributed by atoms with Gasteiger partial charge >= 0.3 is 0 Å². The van der Waals surface area contributed by atoms with Crippen LogP contribution >= 0.6 is 0 Å². The average molecular weight is 539 g/mol. The first-order chi connectivity index (χ1) is 18.1. The molecule has 0 spiro atoms. The number of sulfone groups is 1. The number of carbonyl (C=O) groups is 2. The van der Waals surface area contributed by atoms with Gasteiger partial charge in [-0.15, -0.1) is 0 Å². The van der Waals surface area contributed by atoms with E-state index >= 15 is 0 Å². The van der Waals surface area contributed by atoms with Crippen LogP contribution in [0.4, 0.5) is 14.5 Å². The van der Waals surface area contributed by atoms with E-state index in [0.717, 1.165) is 36.8 Å². The summed E-state index contributed by atoms with van der Waals surface area (Å²) in [5, 5.41) is 2.80. The van der Waals surface area contributed by atoms with Crippen LogP contribution in [0.2, 0.25) is 0 Å². The topological polar surface area (TPSA) is 83.6 Å². The Morgan fingerprint density at radius 1 is 0.921 bits per heavy atom. The van der Waals surface area contributed by atoms with Gasteiger partial charge in [-0.3, -0.25) is 9.59 Å². The molecule has 0 aromatic heterocycles. The number of halogens is 2. The highest BCUT2D eigenvalue weighted by Gasteiger charge is 2.53. The van der Waals surface area contributed by atoms with Gasteiger partial charge < -0.3 is 10.2 Å². The number of amides is 2. The Morgan fingerprint density at radius 3 is 2.21 bits per heavy atom. The van der Waals surface area contributed by atoms with E-state index in [0.29, 0.717) is 37.2 Å². The SMILES string of the molecule is CS(=O)(=O)c1cccc(C(=O)Nc2ccc(C3CCN(C(=O)C4(c5ccc(F)c(F)c5)CC4)CC3)cc2)c1. The standard InChI is InChI=1S/C29H28F2N2O4S/c1-38(36,37)24-4-2-3-21(17-24)27(34)32-23-8-5-19(6-9-23)20-11-15-33(16-12-20)28(35)29(13-14-29)22-7-10-25(30)26(31)18-22/h2-10,17-18,20H,11-16H2,1H3,(H,32,34). The smallest absolute Gasteiger partial charge is 0.255 e. The van der Waals surface area contributed by atoms with E-state index < -0.39 is 32.8 Å². The summed E-state index contributed by atoms with van der Waals surface area (Å²) in [5.74, 6) is -1.99. The van der Waals surface area contributed by atoms with Crippen LogP contribution in [0.1, 0.15) is 53.1 Å². The van der Waals surface area contributed by atoms with E-state index in [1.54, 1.807) is 6.07 Å². The molecule has 0 bridgehead atoms. The summed E-state index contributed by atoms with van der Waals surface area (Å²) in [5.41, 5.74) is 1.77. The third-order valence-electron chi connectivity index (χ3n) is 7.58. The summed E-state index contributed by atoms with van der Waals surface area (Å²) < 4.78 is 50.7. The van der Waals surface area contributed by atoms with Gasteiger partial charge in [-0.1, -0.05) is 24.3 Å². The van der Waals surface area contributed by atoms with E-state index in [1.807, 2.05) is 29.2 Å². The van der Waals surface area contributed by atoms with Crippen molar-refractivity contribution < 1.29 is 26.8 Å². The molecule has 1 heterocycles. The lowest BCUT2D eigenvalue weighted by Crippen LogP contribution is -2.43. The molecule has 1 saturated carbocycles. The molecule has 1 aliphatic carbocycles. The van der Waals surface area contributed by atoms with Gasteiger partial charge in [0.1, 0.15) is 0 Å². The van der Waals surface area contributed by atoms with Crippen molar-refractivity contribution >= 4 is 27.3 Å². The second kappa shape index (κ2) is 9.94. The van der Waals surface area contributed by atoms with E-state index in [4.69, 9.17) is 0 Å². The summed E-state index contributed by atoms with van der Waals surface area (Å²) in [4.78, 5) is 27.8. The monoisotopic (exact) mass is 538 g/mol. The quantitative estimate of drug-likeness (QED) is 0.476. The molecule has 38 heavy (non-hydrogen) atoms. The molecule has 3 aromatic rings. The molecule has 5 rings (SSSR count). The van der Waals surface area contributed by atoms with E-state index in [1.165, 1.54) is 24.3 Å². The van der Waals surface area contributed by atoms with Gasteiger partial charge in [0, 0.05) is 30.6 Å². The average Bonchev–Trinajstić information content (AvgIpc) is 3.72. The van der Waals surface area contributed by atoms with Crippen molar-refractivity contribution in [3.05, 3.63) is 95.1 Å². The van der Waals surface area contributed by atoms with Crippen LogP contribution in [-0.4, -0.2) is 44.5 Å². The van der Waals surface area contributed by atoms with Crippen LogP contribution < -0.4 is 5.32 Å². The maximum absolute atomic E-state index is 13.8. The first kappa shape index (κ1) is 26.0. The van der Waals surface area contributed by atoms with Crippen molar-refractivity contribution in [2.45, 2.75) is 41.9 Å². The Labute approximate surface area is 220 Å². The van der Waals surface area contributed by atoms with Gasteiger partial charge in [0.05, 0.1) is 10.3 Å². The summed E-state index contributed by atoms with van der Waals surface area (Å²) in [6, 6.07) is 17.2. The molecule has 6 nitrogen and oxygen atoms in total. The van der Waals surface area contributed by atoms with Crippen LogP contribution in [0.5, 0.6) is 0 Å². The molecule has 9 heteroatoms. The summed E-state index contributed by atoms with van der Waals surface area (Å²) >= 11 is 0. The normalized spacial score (nSPS) is 17.2. The lowest BCUT2D eigenvalue weighted by atomic mass is 9.87. The molecule has 1 saturated heterocycles. The maximum atomic E-state index is 13.8. The van der Waals surface area contributed by atoms with E-state index in [2.05, 4.69) is 5.32 Å². The number of piperidine rings is 1. The number of nitrogens with zero attached hydrogens (tertiary/aromatic N) is 1. The third-order valence-corrected chi connectivity index (χ3v) is 8.69. The number of rotatable bonds is 6. The zero-order valence-electron chi connectivity index (χ0n) is 20.9. The summed E-state index contributed by atoms with van der Waals surface area (Å²) in [7, 11) is -3.41. The Morgan fingerprint density at radius 2 is 1.61 bits per heavy atom. The van der Waals surface area contributed by atoms with Crippen molar-refractivity contribution in [3.63, 3.8) is 0 Å². The van der Waals surface area contributed by atoms with Gasteiger partial charge in [0.2, 0.25) is 5.91 Å². The second-order valence-electron chi connectivity index (χ2n) is 10.2. The summed E-state index contributed by atoms with van der Waals surface area (Å²) in [6.45, 7) is 1.17. The first-order valence-corrected chi connectivity index (χ1v) is 14.4. The van der Waals surface area contributed by atoms with Crippen molar-refractivity contribution in [2.24, 2.45) is 0 Å². The minimum Gasteiger partial charge on any atom is -0.342 e. The summed E-state index contributed by atoms with van der Waals surface area (Å²) in [6.07, 6.45) is 3.94. The number of hydrogen-bond acceptors (Lipinski definition) is 4. The van der Waals surface area contributed by atoms with Crippen molar-refractivity contribution in [3.8, 4) is 0 Å². The minimum absolute atomic E-state index is 0.0139. The Bertz CT molecular complexity index is 1490. The van der Waals surface area contributed by atoms with Gasteiger partial charge in [-0.2, -0.15) is 0 Å². The van der Waals surface area contributed by atoms with Crippen LogP contribution in [-0.2, 0) is 20.0 Å². The van der Waals surface area contributed by atoms with Gasteiger partial charge in [0.15, 0.2) is 21.5 Å². The first-order valence-electron chi connectivity index (χ1n) is 12.5. The van der Waals surface area contributed by atoms with Crippen LogP contribution in [0.25, 0.3) is 0 Å². The minimum atomic E-state index is -3.41. The van der Waals surface area contributed by atoms with Gasteiger partial charge in [0.25, 0.3) is 5.91 Å². The third kappa shape index (κ3) is 5.20. The predicted octanol–water partition coefficient (Wildman–Crippen LogP) is 5.06. The molecule has 1 N–H and O–H groups in total. The fraction of sp³-hybridized carbons (Fsp3) is 0.310. The predicted molar refractivity (Wildman–Crippen MR) is 140 cm³/mol. The molecule has 2 aliphatic rings. The number of hydrogen-bond donors (Lipinski definition) is 1. The van der Waals surface area contributed by atoms with E-state index in [9.17, 15) is 26.8 Å². The lowest BCUT2D eigenvalue weighted by Gasteiger charge is -2.35. The number of anilines is 1. The van der Waals surface area contributed by atoms with Crippen LogP contribution in [0, 0.1) is 11.6 Å². The fourth-order valence-corrected chi connectivity index (χ4v) is 5.84. The molecule has 1 aliphatic heterocycles.